The lowest BCUT2D eigenvalue weighted by Crippen LogP contribution is -2.42. The quantitative estimate of drug-likeness (QED) is 0.896. The fraction of sp³-hybridized carbons (Fsp3) is 0.688. The molecule has 1 fully saturated rings. The Morgan fingerprint density at radius 1 is 1.35 bits per heavy atom. The normalized spacial score (nSPS) is 16.6. The zero-order valence-electron chi connectivity index (χ0n) is 13.2. The fourth-order valence-electron chi connectivity index (χ4n) is 3.09. The van der Waals surface area contributed by atoms with Crippen LogP contribution in [0.3, 0.4) is 0 Å². The summed E-state index contributed by atoms with van der Waals surface area (Å²) in [6, 6.07) is 0.676. The van der Waals surface area contributed by atoms with Gasteiger partial charge in [0.15, 0.2) is 0 Å². The molecule has 0 spiro atoms. The predicted molar refractivity (Wildman–Crippen MR) is 82.2 cm³/mol. The van der Waals surface area contributed by atoms with E-state index in [-0.39, 0.29) is 0 Å². The van der Waals surface area contributed by atoms with E-state index in [1.54, 1.807) is 7.11 Å². The highest BCUT2D eigenvalue weighted by atomic mass is 16.5. The van der Waals surface area contributed by atoms with Crippen LogP contribution in [0.1, 0.15) is 36.6 Å². The molecule has 4 heteroatoms. The van der Waals surface area contributed by atoms with Gasteiger partial charge >= 0.3 is 0 Å². The summed E-state index contributed by atoms with van der Waals surface area (Å²) < 4.78 is 5.51. The molecule has 0 bridgehead atoms. The number of rotatable bonds is 5. The van der Waals surface area contributed by atoms with Crippen LogP contribution < -0.4 is 10.1 Å². The standard InChI is InChI=1S/C16H27N3O/c1-5-19(14-6-8-17-9-7-14)11-15-13(3)16(20-4)12(2)10-18-15/h10,14,17H,5-9,11H2,1-4H3. The van der Waals surface area contributed by atoms with Crippen LogP contribution in [0.15, 0.2) is 6.20 Å². The summed E-state index contributed by atoms with van der Waals surface area (Å²) in [5.41, 5.74) is 3.44. The molecular formula is C16H27N3O. The Morgan fingerprint density at radius 2 is 2.05 bits per heavy atom. The van der Waals surface area contributed by atoms with Crippen molar-refractivity contribution >= 4 is 0 Å². The van der Waals surface area contributed by atoms with Crippen LogP contribution in [0.25, 0.3) is 0 Å². The number of nitrogens with zero attached hydrogens (tertiary/aromatic N) is 2. The van der Waals surface area contributed by atoms with Gasteiger partial charge in [-0.05, 0) is 46.3 Å². The van der Waals surface area contributed by atoms with Crippen LogP contribution >= 0.6 is 0 Å². The van der Waals surface area contributed by atoms with Crippen LogP contribution in [0, 0.1) is 13.8 Å². The van der Waals surface area contributed by atoms with Crippen molar-refractivity contribution in [2.45, 2.75) is 46.2 Å². The molecule has 1 aliphatic heterocycles. The summed E-state index contributed by atoms with van der Waals surface area (Å²) in [5.74, 6) is 0.983. The minimum atomic E-state index is 0.676. The highest BCUT2D eigenvalue weighted by Crippen LogP contribution is 2.25. The molecule has 1 saturated heterocycles. The van der Waals surface area contributed by atoms with Gasteiger partial charge in [-0.3, -0.25) is 9.88 Å². The lowest BCUT2D eigenvalue weighted by Gasteiger charge is -2.34. The highest BCUT2D eigenvalue weighted by Gasteiger charge is 2.21. The SMILES string of the molecule is CCN(Cc1ncc(C)c(OC)c1C)C1CCNCC1. The second-order valence-corrected chi connectivity index (χ2v) is 5.59. The second kappa shape index (κ2) is 7.04. The molecule has 1 aliphatic rings. The summed E-state index contributed by atoms with van der Waals surface area (Å²) in [7, 11) is 1.74. The zero-order chi connectivity index (χ0) is 14.5. The van der Waals surface area contributed by atoms with Crippen LogP contribution in [0.5, 0.6) is 5.75 Å². The topological polar surface area (TPSA) is 37.4 Å². The number of hydrogen-bond donors (Lipinski definition) is 1. The molecule has 2 heterocycles. The van der Waals surface area contributed by atoms with Crippen molar-refractivity contribution in [2.75, 3.05) is 26.7 Å². The van der Waals surface area contributed by atoms with E-state index in [1.807, 2.05) is 13.1 Å². The van der Waals surface area contributed by atoms with Gasteiger partial charge in [0, 0.05) is 29.9 Å². The van der Waals surface area contributed by atoms with E-state index in [1.165, 1.54) is 18.4 Å². The number of nitrogens with one attached hydrogen (secondary N) is 1. The van der Waals surface area contributed by atoms with Gasteiger partial charge in [-0.25, -0.2) is 0 Å². The smallest absolute Gasteiger partial charge is 0.128 e. The molecule has 4 nitrogen and oxygen atoms in total. The van der Waals surface area contributed by atoms with Crippen molar-refractivity contribution in [1.29, 1.82) is 0 Å². The molecule has 0 aliphatic carbocycles. The van der Waals surface area contributed by atoms with Gasteiger partial charge in [0.25, 0.3) is 0 Å². The molecule has 0 saturated carbocycles. The van der Waals surface area contributed by atoms with E-state index < -0.39 is 0 Å². The Morgan fingerprint density at radius 3 is 2.65 bits per heavy atom. The lowest BCUT2D eigenvalue weighted by atomic mass is 10.0. The molecule has 1 aromatic heterocycles. The first-order valence-corrected chi connectivity index (χ1v) is 7.61. The van der Waals surface area contributed by atoms with Crippen molar-refractivity contribution < 1.29 is 4.74 Å². The minimum Gasteiger partial charge on any atom is -0.496 e. The summed E-state index contributed by atoms with van der Waals surface area (Å²) >= 11 is 0. The fourth-order valence-corrected chi connectivity index (χ4v) is 3.09. The van der Waals surface area contributed by atoms with Gasteiger partial charge in [-0.1, -0.05) is 6.92 Å². The number of piperidine rings is 1. The maximum absolute atomic E-state index is 5.51. The van der Waals surface area contributed by atoms with Crippen molar-refractivity contribution in [3.05, 3.63) is 23.0 Å². The molecule has 2 rings (SSSR count). The Kier molecular flexibility index (Phi) is 5.38. The highest BCUT2D eigenvalue weighted by molar-refractivity contribution is 5.41. The third kappa shape index (κ3) is 3.30. The monoisotopic (exact) mass is 277 g/mol. The maximum atomic E-state index is 5.51. The molecule has 1 aromatic rings. The molecule has 0 aromatic carbocycles. The number of pyridine rings is 1. The van der Waals surface area contributed by atoms with Crippen LogP contribution in [0.2, 0.25) is 0 Å². The summed E-state index contributed by atoms with van der Waals surface area (Å²) in [4.78, 5) is 7.18. The first-order valence-electron chi connectivity index (χ1n) is 7.61. The number of hydrogen-bond acceptors (Lipinski definition) is 4. The van der Waals surface area contributed by atoms with Gasteiger partial charge in [0.2, 0.25) is 0 Å². The average molecular weight is 277 g/mol. The third-order valence-electron chi connectivity index (χ3n) is 4.33. The maximum Gasteiger partial charge on any atom is 0.128 e. The number of aromatic nitrogens is 1. The lowest BCUT2D eigenvalue weighted by molar-refractivity contribution is 0.160. The van der Waals surface area contributed by atoms with Crippen LogP contribution in [-0.4, -0.2) is 42.7 Å². The van der Waals surface area contributed by atoms with Gasteiger partial charge in [0.1, 0.15) is 5.75 Å². The molecular weight excluding hydrogens is 250 g/mol. The molecule has 112 valence electrons. The van der Waals surface area contributed by atoms with E-state index in [0.29, 0.717) is 6.04 Å². The van der Waals surface area contributed by atoms with Crippen LogP contribution in [0.4, 0.5) is 0 Å². The van der Waals surface area contributed by atoms with E-state index in [4.69, 9.17) is 4.74 Å². The number of methoxy groups -OCH3 is 1. The molecule has 0 unspecified atom stereocenters. The predicted octanol–water partition coefficient (Wildman–Crippen LogP) is 2.28. The van der Waals surface area contributed by atoms with Crippen LogP contribution in [-0.2, 0) is 6.54 Å². The second-order valence-electron chi connectivity index (χ2n) is 5.59. The largest absolute Gasteiger partial charge is 0.496 e. The number of aryl methyl sites for hydroxylation is 1. The van der Waals surface area contributed by atoms with Crippen molar-refractivity contribution in [3.63, 3.8) is 0 Å². The van der Waals surface area contributed by atoms with E-state index in [2.05, 4.69) is 29.0 Å². The van der Waals surface area contributed by atoms with Gasteiger partial charge < -0.3 is 10.1 Å². The summed E-state index contributed by atoms with van der Waals surface area (Å²) in [5, 5.41) is 3.43. The Balaban J connectivity index is 2.14. The number of ether oxygens (including phenoxy) is 1. The zero-order valence-corrected chi connectivity index (χ0v) is 13.2. The van der Waals surface area contributed by atoms with Gasteiger partial charge in [-0.15, -0.1) is 0 Å². The average Bonchev–Trinajstić information content (AvgIpc) is 2.48. The van der Waals surface area contributed by atoms with E-state index >= 15 is 0 Å². The Hall–Kier alpha value is -1.13. The molecule has 0 amide bonds. The Bertz CT molecular complexity index is 442. The molecule has 0 atom stereocenters. The van der Waals surface area contributed by atoms with E-state index in [0.717, 1.165) is 43.2 Å². The summed E-state index contributed by atoms with van der Waals surface area (Å²) in [6.45, 7) is 10.7. The third-order valence-corrected chi connectivity index (χ3v) is 4.33. The van der Waals surface area contributed by atoms with Crippen molar-refractivity contribution in [2.24, 2.45) is 0 Å². The first-order chi connectivity index (χ1) is 9.67. The van der Waals surface area contributed by atoms with Crippen molar-refractivity contribution in [1.82, 2.24) is 15.2 Å². The summed E-state index contributed by atoms with van der Waals surface area (Å²) in [6.07, 6.45) is 4.39. The minimum absolute atomic E-state index is 0.676. The van der Waals surface area contributed by atoms with Gasteiger partial charge in [-0.2, -0.15) is 0 Å². The molecule has 20 heavy (non-hydrogen) atoms. The molecule has 0 radical (unpaired) electrons. The van der Waals surface area contributed by atoms with Gasteiger partial charge in [0.05, 0.1) is 12.8 Å². The van der Waals surface area contributed by atoms with E-state index in [9.17, 15) is 0 Å². The molecule has 1 N–H and O–H groups in total. The Labute approximate surface area is 122 Å². The first kappa shape index (κ1) is 15.3. The van der Waals surface area contributed by atoms with Crippen molar-refractivity contribution in [3.8, 4) is 5.75 Å².